The van der Waals surface area contributed by atoms with E-state index in [1.165, 1.54) is 10.8 Å². The minimum absolute atomic E-state index is 0.0347. The number of aromatic carboxylic acids is 1. The number of pyridine rings is 1. The Kier molecular flexibility index (Phi) is 3.64. The van der Waals surface area contributed by atoms with Gasteiger partial charge in [0.25, 0.3) is 0 Å². The zero-order valence-corrected chi connectivity index (χ0v) is 14.8. The fourth-order valence-electron chi connectivity index (χ4n) is 3.95. The van der Waals surface area contributed by atoms with Gasteiger partial charge in [-0.05, 0) is 41.7 Å². The second-order valence-electron chi connectivity index (χ2n) is 7.35. The summed E-state index contributed by atoms with van der Waals surface area (Å²) in [6, 6.07) is 6.15. The molecular weight excluding hydrogens is 366 g/mol. The van der Waals surface area contributed by atoms with Crippen LogP contribution >= 0.6 is 0 Å². The minimum atomic E-state index is -1.41. The van der Waals surface area contributed by atoms with Crippen molar-refractivity contribution >= 4 is 16.9 Å². The van der Waals surface area contributed by atoms with Crippen molar-refractivity contribution < 1.29 is 18.7 Å². The lowest BCUT2D eigenvalue weighted by molar-refractivity contribution is 0.0695. The average molecular weight is 382 g/mol. The molecule has 0 unspecified atom stereocenters. The van der Waals surface area contributed by atoms with Crippen LogP contribution in [0.5, 0.6) is 0 Å². The van der Waals surface area contributed by atoms with Crippen molar-refractivity contribution in [3.63, 3.8) is 0 Å². The Hall–Kier alpha value is -3.06. The van der Waals surface area contributed by atoms with Gasteiger partial charge in [-0.1, -0.05) is 12.1 Å². The van der Waals surface area contributed by atoms with Gasteiger partial charge >= 0.3 is 5.97 Å². The number of nitrogens with zero attached hydrogens (tertiary/aromatic N) is 1. The number of aromatic nitrogens is 1. The summed E-state index contributed by atoms with van der Waals surface area (Å²) in [6.45, 7) is 1.35. The van der Waals surface area contributed by atoms with Crippen LogP contribution in [-0.2, 0) is 13.1 Å². The average Bonchev–Trinajstić information content (AvgIpc) is 3.39. The number of fused-ring (bicyclic) bond motifs is 2. The highest BCUT2D eigenvalue weighted by Gasteiger charge is 2.30. The molecule has 5 rings (SSSR count). The molecule has 3 aromatic rings. The second-order valence-corrected chi connectivity index (χ2v) is 7.35. The predicted molar refractivity (Wildman–Crippen MR) is 99.3 cm³/mol. The van der Waals surface area contributed by atoms with Crippen LogP contribution in [-0.4, -0.2) is 15.6 Å². The number of hydrogen-bond acceptors (Lipinski definition) is 3. The topological polar surface area (TPSA) is 71.3 Å². The van der Waals surface area contributed by atoms with Crippen LogP contribution in [0, 0.1) is 11.6 Å². The minimum Gasteiger partial charge on any atom is -0.477 e. The van der Waals surface area contributed by atoms with E-state index in [0.29, 0.717) is 12.1 Å². The van der Waals surface area contributed by atoms with Gasteiger partial charge in [-0.2, -0.15) is 0 Å². The molecule has 1 saturated carbocycles. The lowest BCUT2D eigenvalue weighted by Crippen LogP contribution is -2.20. The van der Waals surface area contributed by atoms with E-state index in [9.17, 15) is 19.1 Å². The van der Waals surface area contributed by atoms with Gasteiger partial charge in [0.05, 0.1) is 16.5 Å². The van der Waals surface area contributed by atoms with E-state index >= 15 is 4.39 Å². The lowest BCUT2D eigenvalue weighted by atomic mass is 9.97. The smallest absolute Gasteiger partial charge is 0.341 e. The number of carbonyl (C=O) groups is 1. The first kappa shape index (κ1) is 17.1. The van der Waals surface area contributed by atoms with Crippen LogP contribution in [0.3, 0.4) is 0 Å². The number of benzene rings is 2. The maximum absolute atomic E-state index is 15.6. The first-order chi connectivity index (χ1) is 13.5. The molecular formula is C21H16F2N2O3. The number of halogens is 2. The van der Waals surface area contributed by atoms with Crippen LogP contribution in [0.1, 0.15) is 40.4 Å². The highest BCUT2D eigenvalue weighted by atomic mass is 19.1. The molecule has 2 N–H and O–H groups in total. The van der Waals surface area contributed by atoms with Crippen LogP contribution in [0.2, 0.25) is 0 Å². The van der Waals surface area contributed by atoms with E-state index in [1.54, 1.807) is 12.1 Å². The molecule has 2 aliphatic rings. The number of hydrogen-bond donors (Lipinski definition) is 2. The Balaban J connectivity index is 1.83. The summed E-state index contributed by atoms with van der Waals surface area (Å²) in [4.78, 5) is 24.0. The van der Waals surface area contributed by atoms with Gasteiger partial charge in [0.1, 0.15) is 11.4 Å². The van der Waals surface area contributed by atoms with Gasteiger partial charge in [-0.25, -0.2) is 13.6 Å². The second kappa shape index (κ2) is 5.97. The Morgan fingerprint density at radius 2 is 1.89 bits per heavy atom. The fraction of sp³-hybridized carbons (Fsp3) is 0.238. The summed E-state index contributed by atoms with van der Waals surface area (Å²) in [5.41, 5.74) is 0.892. The third-order valence-corrected chi connectivity index (χ3v) is 5.50. The van der Waals surface area contributed by atoms with Crippen molar-refractivity contribution in [3.05, 3.63) is 69.0 Å². The normalized spacial score (nSPS) is 15.8. The van der Waals surface area contributed by atoms with Gasteiger partial charge < -0.3 is 15.0 Å². The molecule has 1 aromatic heterocycles. The molecule has 0 atom stereocenters. The van der Waals surface area contributed by atoms with Gasteiger partial charge in [-0.3, -0.25) is 4.79 Å². The Morgan fingerprint density at radius 3 is 2.61 bits per heavy atom. The molecule has 2 heterocycles. The zero-order chi connectivity index (χ0) is 19.6. The van der Waals surface area contributed by atoms with E-state index in [4.69, 9.17) is 0 Å². The van der Waals surface area contributed by atoms with Crippen molar-refractivity contribution in [1.82, 2.24) is 9.88 Å². The number of carboxylic acids is 1. The third-order valence-electron chi connectivity index (χ3n) is 5.50. The maximum atomic E-state index is 15.6. The van der Waals surface area contributed by atoms with E-state index in [2.05, 4.69) is 5.32 Å². The number of carboxylic acid groups (broad SMARTS) is 1. The third kappa shape index (κ3) is 2.46. The molecule has 7 heteroatoms. The van der Waals surface area contributed by atoms with E-state index in [1.807, 2.05) is 6.07 Å². The zero-order valence-electron chi connectivity index (χ0n) is 14.8. The van der Waals surface area contributed by atoms with Crippen molar-refractivity contribution in [1.29, 1.82) is 0 Å². The number of rotatable bonds is 3. The molecule has 0 spiro atoms. The van der Waals surface area contributed by atoms with Crippen molar-refractivity contribution in [3.8, 4) is 11.1 Å². The molecule has 28 heavy (non-hydrogen) atoms. The molecule has 1 fully saturated rings. The summed E-state index contributed by atoms with van der Waals surface area (Å²) < 4.78 is 32.0. The molecule has 1 aliphatic heterocycles. The summed E-state index contributed by atoms with van der Waals surface area (Å²) in [6.07, 6.45) is 2.70. The van der Waals surface area contributed by atoms with Crippen LogP contribution < -0.4 is 10.7 Å². The molecule has 0 amide bonds. The summed E-state index contributed by atoms with van der Waals surface area (Å²) in [5.74, 6) is -3.11. The molecule has 0 saturated heterocycles. The van der Waals surface area contributed by atoms with E-state index in [0.717, 1.165) is 36.6 Å². The van der Waals surface area contributed by atoms with Crippen molar-refractivity contribution in [2.45, 2.75) is 32.0 Å². The van der Waals surface area contributed by atoms with Gasteiger partial charge in [0, 0.05) is 25.3 Å². The van der Waals surface area contributed by atoms with Crippen LogP contribution in [0.15, 0.2) is 35.3 Å². The Labute approximate surface area is 158 Å². The van der Waals surface area contributed by atoms with Crippen molar-refractivity contribution in [2.75, 3.05) is 0 Å². The molecule has 1 aliphatic carbocycles. The Morgan fingerprint density at radius 1 is 1.14 bits per heavy atom. The SMILES string of the molecule is O=C(O)c1cn(C2CC2)c2c(F)c(-c3ccc4c(c3)CNC4)c(F)cc2c1=O. The highest BCUT2D eigenvalue weighted by Crippen LogP contribution is 2.40. The van der Waals surface area contributed by atoms with E-state index in [-0.39, 0.29) is 22.5 Å². The number of nitrogens with one attached hydrogen (secondary N) is 1. The summed E-state index contributed by atoms with van der Waals surface area (Å²) >= 11 is 0. The Bertz CT molecular complexity index is 1230. The molecule has 5 nitrogen and oxygen atoms in total. The highest BCUT2D eigenvalue weighted by molar-refractivity contribution is 5.94. The van der Waals surface area contributed by atoms with Crippen LogP contribution in [0.25, 0.3) is 22.0 Å². The first-order valence-electron chi connectivity index (χ1n) is 9.08. The monoisotopic (exact) mass is 382 g/mol. The molecule has 0 bridgehead atoms. The van der Waals surface area contributed by atoms with E-state index < -0.39 is 28.6 Å². The van der Waals surface area contributed by atoms with Gasteiger partial charge in [-0.15, -0.1) is 0 Å². The standard InChI is InChI=1S/C21H16F2N2O3/c22-16-6-14-19(25(13-3-4-13)9-15(20(14)26)21(27)28)18(23)17(16)10-1-2-11-7-24-8-12(11)5-10/h1-2,5-6,9,13,24H,3-4,7-8H2,(H,27,28). The van der Waals surface area contributed by atoms with Gasteiger partial charge in [0.2, 0.25) is 5.43 Å². The maximum Gasteiger partial charge on any atom is 0.341 e. The van der Waals surface area contributed by atoms with Gasteiger partial charge in [0.15, 0.2) is 5.82 Å². The molecule has 142 valence electrons. The quantitative estimate of drug-likeness (QED) is 0.726. The fourth-order valence-corrected chi connectivity index (χ4v) is 3.95. The molecule has 2 aromatic carbocycles. The largest absolute Gasteiger partial charge is 0.477 e. The predicted octanol–water partition coefficient (Wildman–Crippen LogP) is 3.58. The van der Waals surface area contributed by atoms with Crippen molar-refractivity contribution in [2.24, 2.45) is 0 Å². The summed E-state index contributed by atoms with van der Waals surface area (Å²) in [5, 5.41) is 12.3. The summed E-state index contributed by atoms with van der Waals surface area (Å²) in [7, 11) is 0. The lowest BCUT2D eigenvalue weighted by Gasteiger charge is -2.15. The molecule has 0 radical (unpaired) electrons. The first-order valence-corrected chi connectivity index (χ1v) is 9.08. The van der Waals surface area contributed by atoms with Crippen LogP contribution in [0.4, 0.5) is 8.78 Å².